The van der Waals surface area contributed by atoms with E-state index in [9.17, 15) is 4.79 Å². The smallest absolute Gasteiger partial charge is 0.279 e. The van der Waals surface area contributed by atoms with E-state index in [1.165, 1.54) is 0 Å². The van der Waals surface area contributed by atoms with Crippen molar-refractivity contribution in [1.82, 2.24) is 0 Å². The van der Waals surface area contributed by atoms with Crippen molar-refractivity contribution in [1.29, 1.82) is 0 Å². The lowest BCUT2D eigenvalue weighted by Gasteiger charge is -2.25. The molecule has 0 bridgehead atoms. The molecule has 0 radical (unpaired) electrons. The second kappa shape index (κ2) is 9.02. The van der Waals surface area contributed by atoms with Gasteiger partial charge < -0.3 is 0 Å². The fourth-order valence-electron chi connectivity index (χ4n) is 2.53. The van der Waals surface area contributed by atoms with E-state index in [1.807, 2.05) is 83.8 Å². The topological polar surface area (TPSA) is 32.7 Å². The number of hydrogen-bond donors (Lipinski definition) is 0. The molecule has 0 unspecified atom stereocenters. The maximum atomic E-state index is 12.7. The highest BCUT2D eigenvalue weighted by Crippen LogP contribution is 2.29. The Morgan fingerprint density at radius 2 is 1.27 bits per heavy atom. The Bertz CT molecular complexity index is 825. The van der Waals surface area contributed by atoms with Gasteiger partial charge >= 0.3 is 0 Å². The van der Waals surface area contributed by atoms with E-state index in [0.717, 1.165) is 17.1 Å². The van der Waals surface area contributed by atoms with Crippen LogP contribution in [0.2, 0.25) is 0 Å². The van der Waals surface area contributed by atoms with Gasteiger partial charge in [-0.3, -0.25) is 9.69 Å². The van der Waals surface area contributed by atoms with E-state index < -0.39 is 0 Å². The fourth-order valence-corrected chi connectivity index (χ4v) is 3.28. The lowest BCUT2D eigenvalue weighted by Crippen LogP contribution is -2.24. The monoisotopic (exact) mass is 360 g/mol. The van der Waals surface area contributed by atoms with Gasteiger partial charge in [-0.05, 0) is 42.2 Å². The number of nitrogens with zero attached hydrogens (tertiary/aromatic N) is 2. The fraction of sp³-hybridized carbons (Fsp3) is 0.0909. The van der Waals surface area contributed by atoms with Crippen LogP contribution in [0.15, 0.2) is 96.0 Å². The van der Waals surface area contributed by atoms with Crippen molar-refractivity contribution in [2.24, 2.45) is 4.99 Å². The largest absolute Gasteiger partial charge is 0.290 e. The molecule has 0 saturated heterocycles. The zero-order chi connectivity index (χ0) is 18.2. The highest BCUT2D eigenvalue weighted by molar-refractivity contribution is 8.14. The molecule has 0 saturated carbocycles. The molecule has 3 aromatic carbocycles. The summed E-state index contributed by atoms with van der Waals surface area (Å²) in [5.74, 6) is 0.579. The Morgan fingerprint density at radius 3 is 1.73 bits per heavy atom. The number of anilines is 2. The number of rotatable bonds is 4. The number of para-hydroxylation sites is 2. The van der Waals surface area contributed by atoms with Crippen LogP contribution in [-0.4, -0.2) is 16.8 Å². The zero-order valence-electron chi connectivity index (χ0n) is 14.6. The Hall–Kier alpha value is -2.85. The summed E-state index contributed by atoms with van der Waals surface area (Å²) < 4.78 is 0. The Morgan fingerprint density at radius 1 is 0.808 bits per heavy atom. The van der Waals surface area contributed by atoms with Crippen LogP contribution in [0.3, 0.4) is 0 Å². The van der Waals surface area contributed by atoms with E-state index in [0.29, 0.717) is 10.7 Å². The number of thioether (sulfide) groups is 1. The molecule has 0 fully saturated rings. The molecule has 3 nitrogen and oxygen atoms in total. The molecule has 0 aliphatic carbocycles. The first-order valence-electron chi connectivity index (χ1n) is 8.50. The molecule has 0 spiro atoms. The van der Waals surface area contributed by atoms with E-state index in [1.54, 1.807) is 23.9 Å². The van der Waals surface area contributed by atoms with Gasteiger partial charge in [-0.2, -0.15) is 4.99 Å². The number of hydrogen-bond acceptors (Lipinski definition) is 2. The van der Waals surface area contributed by atoms with Crippen LogP contribution in [0.5, 0.6) is 0 Å². The summed E-state index contributed by atoms with van der Waals surface area (Å²) in [6.07, 6.45) is 0. The third kappa shape index (κ3) is 4.41. The molecular formula is C22H20N2OS. The maximum absolute atomic E-state index is 12.7. The van der Waals surface area contributed by atoms with Gasteiger partial charge in [0.05, 0.1) is 0 Å². The number of amidine groups is 1. The molecule has 0 aromatic heterocycles. The van der Waals surface area contributed by atoms with Crippen LogP contribution < -0.4 is 4.90 Å². The lowest BCUT2D eigenvalue weighted by molar-refractivity contribution is 0.100. The minimum Gasteiger partial charge on any atom is -0.290 e. The summed E-state index contributed by atoms with van der Waals surface area (Å²) in [5.41, 5.74) is 2.53. The summed E-state index contributed by atoms with van der Waals surface area (Å²) in [6.45, 7) is 2.06. The summed E-state index contributed by atoms with van der Waals surface area (Å²) in [6, 6.07) is 29.1. The molecular weight excluding hydrogens is 340 g/mol. The molecule has 0 heterocycles. The first-order valence-corrected chi connectivity index (χ1v) is 9.49. The standard InChI is InChI=1S/C22H20N2OS/c1-2-26-22(23-21(25)18-12-6-3-7-13-18)24(19-14-8-4-9-15-19)20-16-10-5-11-17-20/h3-17H,2H2,1H3. The first kappa shape index (κ1) is 18.0. The van der Waals surface area contributed by atoms with E-state index >= 15 is 0 Å². The molecule has 3 aromatic rings. The summed E-state index contributed by atoms with van der Waals surface area (Å²) in [5, 5.41) is 0.666. The van der Waals surface area contributed by atoms with Crippen molar-refractivity contribution in [3.05, 3.63) is 96.6 Å². The molecule has 1 amide bonds. The van der Waals surface area contributed by atoms with Crippen LogP contribution in [0, 0.1) is 0 Å². The number of aliphatic imine (C=N–C) groups is 1. The van der Waals surface area contributed by atoms with Crippen LogP contribution in [0.25, 0.3) is 0 Å². The number of carbonyl (C=O) groups is 1. The lowest BCUT2D eigenvalue weighted by atomic mass is 10.2. The second-order valence-corrected chi connectivity index (χ2v) is 6.74. The summed E-state index contributed by atoms with van der Waals surface area (Å²) in [7, 11) is 0. The van der Waals surface area contributed by atoms with Crippen LogP contribution in [-0.2, 0) is 0 Å². The van der Waals surface area contributed by atoms with Crippen molar-refractivity contribution in [3.63, 3.8) is 0 Å². The molecule has 26 heavy (non-hydrogen) atoms. The van der Waals surface area contributed by atoms with Crippen LogP contribution >= 0.6 is 11.8 Å². The average Bonchev–Trinajstić information content (AvgIpc) is 2.70. The highest BCUT2D eigenvalue weighted by atomic mass is 32.2. The highest BCUT2D eigenvalue weighted by Gasteiger charge is 2.18. The van der Waals surface area contributed by atoms with Gasteiger partial charge in [-0.1, -0.05) is 73.3 Å². The van der Waals surface area contributed by atoms with E-state index in [-0.39, 0.29) is 5.91 Å². The van der Waals surface area contributed by atoms with Crippen molar-refractivity contribution < 1.29 is 4.79 Å². The van der Waals surface area contributed by atoms with Gasteiger partial charge in [0.15, 0.2) is 5.17 Å². The van der Waals surface area contributed by atoms with Gasteiger partial charge in [0.25, 0.3) is 5.91 Å². The number of benzene rings is 3. The van der Waals surface area contributed by atoms with E-state index in [4.69, 9.17) is 0 Å². The Kier molecular flexibility index (Phi) is 6.23. The third-order valence-electron chi connectivity index (χ3n) is 3.71. The summed E-state index contributed by atoms with van der Waals surface area (Å²) in [4.78, 5) is 19.1. The van der Waals surface area contributed by atoms with Gasteiger partial charge in [0, 0.05) is 16.9 Å². The predicted molar refractivity (Wildman–Crippen MR) is 111 cm³/mol. The molecule has 3 rings (SSSR count). The van der Waals surface area contributed by atoms with Crippen molar-refractivity contribution in [2.75, 3.05) is 10.7 Å². The SMILES string of the molecule is CCSC(=NC(=O)c1ccccc1)N(c1ccccc1)c1ccccc1. The maximum Gasteiger partial charge on any atom is 0.279 e. The Balaban J connectivity index is 2.06. The van der Waals surface area contributed by atoms with Gasteiger partial charge in [-0.25, -0.2) is 0 Å². The molecule has 0 atom stereocenters. The molecule has 0 aliphatic rings. The van der Waals surface area contributed by atoms with Gasteiger partial charge in [0.1, 0.15) is 0 Å². The molecule has 0 N–H and O–H groups in total. The van der Waals surface area contributed by atoms with E-state index in [2.05, 4.69) is 11.9 Å². The summed E-state index contributed by atoms with van der Waals surface area (Å²) >= 11 is 1.55. The number of carbonyl (C=O) groups excluding carboxylic acids is 1. The number of amides is 1. The minimum atomic E-state index is -0.238. The first-order chi connectivity index (χ1) is 12.8. The third-order valence-corrected chi connectivity index (χ3v) is 4.53. The Labute approximate surface area is 158 Å². The van der Waals surface area contributed by atoms with Crippen LogP contribution in [0.1, 0.15) is 17.3 Å². The van der Waals surface area contributed by atoms with Gasteiger partial charge in [-0.15, -0.1) is 0 Å². The molecule has 4 heteroatoms. The predicted octanol–water partition coefficient (Wildman–Crippen LogP) is 5.77. The van der Waals surface area contributed by atoms with Crippen molar-refractivity contribution in [3.8, 4) is 0 Å². The van der Waals surface area contributed by atoms with Crippen LogP contribution in [0.4, 0.5) is 11.4 Å². The molecule has 130 valence electrons. The van der Waals surface area contributed by atoms with Crippen molar-refractivity contribution in [2.45, 2.75) is 6.92 Å². The minimum absolute atomic E-state index is 0.238. The molecule has 0 aliphatic heterocycles. The quantitative estimate of drug-likeness (QED) is 0.437. The van der Waals surface area contributed by atoms with Crippen molar-refractivity contribution >= 4 is 34.2 Å². The second-order valence-electron chi connectivity index (χ2n) is 5.51. The zero-order valence-corrected chi connectivity index (χ0v) is 15.4. The van der Waals surface area contributed by atoms with Gasteiger partial charge in [0.2, 0.25) is 0 Å². The normalized spacial score (nSPS) is 11.2. The average molecular weight is 360 g/mol.